The van der Waals surface area contributed by atoms with Crippen LogP contribution in [-0.2, 0) is 0 Å². The van der Waals surface area contributed by atoms with E-state index in [1.54, 1.807) is 42.7 Å². The Hall–Kier alpha value is -3.10. The molecule has 0 saturated heterocycles. The first-order valence-corrected chi connectivity index (χ1v) is 8.07. The maximum Gasteiger partial charge on any atom is 0.408 e. The van der Waals surface area contributed by atoms with E-state index in [1.165, 1.54) is 6.33 Å². The maximum absolute atomic E-state index is 12.7. The van der Waals surface area contributed by atoms with Gasteiger partial charge in [0.05, 0.1) is 12.8 Å². The van der Waals surface area contributed by atoms with Gasteiger partial charge in [-0.15, -0.1) is 0 Å². The van der Waals surface area contributed by atoms with Crippen molar-refractivity contribution in [2.24, 2.45) is 0 Å². The second-order valence-electron chi connectivity index (χ2n) is 6.04. The molecule has 0 radical (unpaired) electrons. The van der Waals surface area contributed by atoms with E-state index in [0.29, 0.717) is 11.4 Å². The molecule has 6 nitrogen and oxygen atoms in total. The Balaban J connectivity index is 2.03. The van der Waals surface area contributed by atoms with Crippen LogP contribution in [0.3, 0.4) is 0 Å². The Labute approximate surface area is 153 Å². The lowest BCUT2D eigenvalue weighted by atomic mass is 10.1. The van der Waals surface area contributed by atoms with E-state index < -0.39 is 18.1 Å². The summed E-state index contributed by atoms with van der Waals surface area (Å²) in [5.74, 6) is -0.297. The molecule has 3 rings (SSSR count). The van der Waals surface area contributed by atoms with Gasteiger partial charge in [-0.2, -0.15) is 13.2 Å². The van der Waals surface area contributed by atoms with Crippen molar-refractivity contribution in [2.45, 2.75) is 26.1 Å². The number of methoxy groups -OCH3 is 1. The highest BCUT2D eigenvalue weighted by Gasteiger charge is 2.37. The van der Waals surface area contributed by atoms with E-state index in [2.05, 4.69) is 9.97 Å². The molecule has 0 bridgehead atoms. The van der Waals surface area contributed by atoms with Crippen LogP contribution < -0.4 is 10.1 Å². The molecule has 27 heavy (non-hydrogen) atoms. The van der Waals surface area contributed by atoms with Crippen LogP contribution in [0.1, 0.15) is 23.1 Å². The molecule has 0 fully saturated rings. The summed E-state index contributed by atoms with van der Waals surface area (Å²) < 4.78 is 44.9. The highest BCUT2D eigenvalue weighted by molar-refractivity contribution is 5.98. The van der Waals surface area contributed by atoms with Crippen LogP contribution in [0.5, 0.6) is 5.75 Å². The lowest BCUT2D eigenvalue weighted by Crippen LogP contribution is -2.43. The van der Waals surface area contributed by atoms with Crippen LogP contribution in [0.25, 0.3) is 16.9 Å². The molecule has 3 aromatic rings. The molecule has 0 aliphatic heterocycles. The van der Waals surface area contributed by atoms with Crippen molar-refractivity contribution in [3.8, 4) is 17.0 Å². The van der Waals surface area contributed by atoms with E-state index in [1.807, 2.05) is 11.4 Å². The molecule has 142 valence electrons. The number of halogens is 3. The second kappa shape index (κ2) is 6.90. The molecule has 1 amide bonds. The molecular formula is C18H17F3N4O2. The molecule has 1 unspecified atom stereocenters. The summed E-state index contributed by atoms with van der Waals surface area (Å²) in [6.45, 7) is 2.66. The van der Waals surface area contributed by atoms with Gasteiger partial charge >= 0.3 is 6.18 Å². The lowest BCUT2D eigenvalue weighted by Gasteiger charge is -2.16. The second-order valence-corrected chi connectivity index (χ2v) is 6.04. The summed E-state index contributed by atoms with van der Waals surface area (Å²) in [5.41, 5.74) is 2.04. The maximum atomic E-state index is 12.7. The number of hydrogen-bond donors (Lipinski definition) is 1. The van der Waals surface area contributed by atoms with Crippen LogP contribution in [0.15, 0.2) is 36.7 Å². The number of aromatic nitrogens is 3. The Morgan fingerprint density at radius 2 is 2.04 bits per heavy atom. The number of fused-ring (bicyclic) bond motifs is 1. The molecule has 0 spiro atoms. The number of amides is 1. The molecule has 1 atom stereocenters. The Bertz CT molecular complexity index is 998. The third-order valence-corrected chi connectivity index (χ3v) is 4.11. The smallest absolute Gasteiger partial charge is 0.408 e. The van der Waals surface area contributed by atoms with Gasteiger partial charge in [0.25, 0.3) is 5.91 Å². The fourth-order valence-electron chi connectivity index (χ4n) is 2.56. The summed E-state index contributed by atoms with van der Waals surface area (Å²) >= 11 is 0. The summed E-state index contributed by atoms with van der Waals surface area (Å²) in [6, 6.07) is 6.98. The monoisotopic (exact) mass is 378 g/mol. The SMILES string of the molecule is COc1cccc(-c2cc(C)n3cnc(C(=O)NC(C)C(F)(F)F)c3n2)c1. The van der Waals surface area contributed by atoms with E-state index in [-0.39, 0.29) is 11.3 Å². The van der Waals surface area contributed by atoms with Gasteiger partial charge in [0.2, 0.25) is 0 Å². The molecule has 2 aromatic heterocycles. The van der Waals surface area contributed by atoms with Gasteiger partial charge < -0.3 is 10.1 Å². The average molecular weight is 378 g/mol. The molecule has 2 heterocycles. The molecular weight excluding hydrogens is 361 g/mol. The molecule has 0 aliphatic rings. The number of carbonyl (C=O) groups excluding carboxylic acids is 1. The molecule has 1 aromatic carbocycles. The zero-order valence-corrected chi connectivity index (χ0v) is 14.8. The Morgan fingerprint density at radius 1 is 1.30 bits per heavy atom. The van der Waals surface area contributed by atoms with Crippen LogP contribution >= 0.6 is 0 Å². The van der Waals surface area contributed by atoms with E-state index in [4.69, 9.17) is 4.74 Å². The summed E-state index contributed by atoms with van der Waals surface area (Å²) in [5, 5.41) is 1.91. The molecule has 1 N–H and O–H groups in total. The predicted octanol–water partition coefficient (Wildman–Crippen LogP) is 3.39. The van der Waals surface area contributed by atoms with Gasteiger partial charge in [0, 0.05) is 11.3 Å². The third kappa shape index (κ3) is 3.71. The zero-order chi connectivity index (χ0) is 19.8. The van der Waals surface area contributed by atoms with Gasteiger partial charge in [0.1, 0.15) is 18.1 Å². The summed E-state index contributed by atoms with van der Waals surface area (Å²) in [4.78, 5) is 20.7. The average Bonchev–Trinajstić information content (AvgIpc) is 3.05. The van der Waals surface area contributed by atoms with Crippen molar-refractivity contribution < 1.29 is 22.7 Å². The fraction of sp³-hybridized carbons (Fsp3) is 0.278. The van der Waals surface area contributed by atoms with Crippen LogP contribution in [0, 0.1) is 6.92 Å². The molecule has 9 heteroatoms. The highest BCUT2D eigenvalue weighted by Crippen LogP contribution is 2.25. The minimum absolute atomic E-state index is 0.168. The zero-order valence-electron chi connectivity index (χ0n) is 14.8. The number of benzene rings is 1. The number of ether oxygens (including phenoxy) is 1. The minimum atomic E-state index is -4.54. The first kappa shape index (κ1) is 18.7. The standard InChI is InChI=1S/C18H17F3N4O2/c1-10-7-14(12-5-4-6-13(8-12)27-3)24-16-15(22-9-25(10)16)17(26)23-11(2)18(19,20)21/h4-9,11H,1-3H3,(H,23,26). The number of nitrogens with zero attached hydrogens (tertiary/aromatic N) is 3. The van der Waals surface area contributed by atoms with E-state index in [9.17, 15) is 18.0 Å². The molecule has 0 aliphatic carbocycles. The van der Waals surface area contributed by atoms with Gasteiger partial charge in [-0.3, -0.25) is 9.20 Å². The third-order valence-electron chi connectivity index (χ3n) is 4.11. The summed E-state index contributed by atoms with van der Waals surface area (Å²) in [7, 11) is 1.54. The molecule has 0 saturated carbocycles. The fourth-order valence-corrected chi connectivity index (χ4v) is 2.56. The first-order chi connectivity index (χ1) is 12.7. The number of hydrogen-bond acceptors (Lipinski definition) is 4. The van der Waals surface area contributed by atoms with Crippen LogP contribution in [-0.4, -0.2) is 39.6 Å². The van der Waals surface area contributed by atoms with Gasteiger partial charge in [-0.25, -0.2) is 9.97 Å². The van der Waals surface area contributed by atoms with Gasteiger partial charge in [0.15, 0.2) is 11.3 Å². The van der Waals surface area contributed by atoms with Crippen molar-refractivity contribution in [1.29, 1.82) is 0 Å². The summed E-state index contributed by atoms with van der Waals surface area (Å²) in [6.07, 6.45) is -3.18. The minimum Gasteiger partial charge on any atom is -0.497 e. The van der Waals surface area contributed by atoms with Crippen molar-refractivity contribution >= 4 is 11.6 Å². The van der Waals surface area contributed by atoms with Crippen molar-refractivity contribution in [3.63, 3.8) is 0 Å². The normalized spacial score (nSPS) is 12.8. The Morgan fingerprint density at radius 3 is 2.70 bits per heavy atom. The largest absolute Gasteiger partial charge is 0.497 e. The number of nitrogens with one attached hydrogen (secondary N) is 1. The predicted molar refractivity (Wildman–Crippen MR) is 92.7 cm³/mol. The number of imidazole rings is 1. The van der Waals surface area contributed by atoms with Crippen molar-refractivity contribution in [1.82, 2.24) is 19.7 Å². The van der Waals surface area contributed by atoms with Crippen LogP contribution in [0.4, 0.5) is 13.2 Å². The van der Waals surface area contributed by atoms with Crippen molar-refractivity contribution in [2.75, 3.05) is 7.11 Å². The quantitative estimate of drug-likeness (QED) is 0.756. The van der Waals surface area contributed by atoms with Crippen molar-refractivity contribution in [3.05, 3.63) is 48.0 Å². The lowest BCUT2D eigenvalue weighted by molar-refractivity contribution is -0.149. The van der Waals surface area contributed by atoms with Gasteiger partial charge in [-0.1, -0.05) is 12.1 Å². The van der Waals surface area contributed by atoms with Crippen LogP contribution in [0.2, 0.25) is 0 Å². The Kier molecular flexibility index (Phi) is 4.77. The number of rotatable bonds is 4. The number of carbonyl (C=O) groups is 1. The first-order valence-electron chi connectivity index (χ1n) is 8.07. The number of alkyl halides is 3. The highest BCUT2D eigenvalue weighted by atomic mass is 19.4. The topological polar surface area (TPSA) is 68.5 Å². The number of aryl methyl sites for hydroxylation is 1. The van der Waals surface area contributed by atoms with Gasteiger partial charge in [-0.05, 0) is 32.0 Å². The van der Waals surface area contributed by atoms with E-state index in [0.717, 1.165) is 18.2 Å². The van der Waals surface area contributed by atoms with E-state index >= 15 is 0 Å².